The van der Waals surface area contributed by atoms with Gasteiger partial charge in [-0.3, -0.25) is 4.68 Å². The topological polar surface area (TPSA) is 33.5 Å². The minimum Gasteiger partial charge on any atom is -0.383 e. The van der Waals surface area contributed by atoms with Crippen LogP contribution in [0, 0.1) is 19.3 Å². The molecule has 24 heavy (non-hydrogen) atoms. The number of ether oxygens (including phenoxy) is 1. The maximum absolute atomic E-state index is 5.26. The van der Waals surface area contributed by atoms with Crippen molar-refractivity contribution in [1.82, 2.24) is 19.6 Å². The van der Waals surface area contributed by atoms with Crippen molar-refractivity contribution in [2.45, 2.75) is 46.1 Å². The monoisotopic (exact) mass is 334 g/mol. The molecule has 0 N–H and O–H groups in total. The highest BCUT2D eigenvalue weighted by atomic mass is 16.5. The predicted molar refractivity (Wildman–Crippen MR) is 97.4 cm³/mol. The zero-order valence-corrected chi connectivity index (χ0v) is 15.8. The Labute approximate surface area is 146 Å². The van der Waals surface area contributed by atoms with Crippen molar-refractivity contribution >= 4 is 0 Å². The molecule has 0 saturated carbocycles. The Hall–Kier alpha value is -0.910. The van der Waals surface area contributed by atoms with Crippen LogP contribution in [-0.2, 0) is 11.3 Å². The first-order valence-electron chi connectivity index (χ1n) is 9.55. The van der Waals surface area contributed by atoms with Gasteiger partial charge in [0.1, 0.15) is 0 Å². The maximum Gasteiger partial charge on any atom is 0.0596 e. The zero-order chi connectivity index (χ0) is 17.0. The second-order valence-electron chi connectivity index (χ2n) is 7.90. The molecule has 0 radical (unpaired) electrons. The molecule has 1 spiro atoms. The molecule has 3 rings (SSSR count). The van der Waals surface area contributed by atoms with Gasteiger partial charge in [0, 0.05) is 39.0 Å². The van der Waals surface area contributed by atoms with Gasteiger partial charge in [-0.15, -0.1) is 0 Å². The van der Waals surface area contributed by atoms with Crippen LogP contribution < -0.4 is 0 Å². The third-order valence-electron chi connectivity index (χ3n) is 5.82. The highest BCUT2D eigenvalue weighted by Gasteiger charge is 2.40. The molecule has 1 aromatic heterocycles. The molecule has 1 unspecified atom stereocenters. The molecule has 0 bridgehead atoms. The van der Waals surface area contributed by atoms with Gasteiger partial charge in [0.2, 0.25) is 0 Å². The van der Waals surface area contributed by atoms with Crippen LogP contribution in [0.3, 0.4) is 0 Å². The molecule has 2 aliphatic rings. The third-order valence-corrected chi connectivity index (χ3v) is 5.82. The number of piperidine rings is 1. The van der Waals surface area contributed by atoms with Crippen LogP contribution in [0.4, 0.5) is 0 Å². The average molecular weight is 335 g/mol. The summed E-state index contributed by atoms with van der Waals surface area (Å²) in [5.41, 5.74) is 2.96. The summed E-state index contributed by atoms with van der Waals surface area (Å²) in [4.78, 5) is 5.30. The fourth-order valence-corrected chi connectivity index (χ4v) is 4.62. The normalized spacial score (nSPS) is 25.8. The Kier molecular flexibility index (Phi) is 5.95. The molecular formula is C19H34N4O. The van der Waals surface area contributed by atoms with E-state index in [0.717, 1.165) is 25.4 Å². The van der Waals surface area contributed by atoms with Gasteiger partial charge < -0.3 is 14.5 Å². The van der Waals surface area contributed by atoms with E-state index < -0.39 is 0 Å². The van der Waals surface area contributed by atoms with Gasteiger partial charge in [0.25, 0.3) is 0 Å². The second-order valence-corrected chi connectivity index (χ2v) is 7.90. The van der Waals surface area contributed by atoms with E-state index >= 15 is 0 Å². The number of nitrogens with zero attached hydrogens (tertiary/aromatic N) is 4. The van der Waals surface area contributed by atoms with Crippen LogP contribution in [0.5, 0.6) is 0 Å². The summed E-state index contributed by atoms with van der Waals surface area (Å²) < 4.78 is 7.42. The molecule has 2 aliphatic heterocycles. The Morgan fingerprint density at radius 1 is 1.08 bits per heavy atom. The van der Waals surface area contributed by atoms with Crippen molar-refractivity contribution in [3.8, 4) is 0 Å². The minimum atomic E-state index is 0.546. The lowest BCUT2D eigenvalue weighted by Crippen LogP contribution is -2.45. The fraction of sp³-hybridized carbons (Fsp3) is 0.842. The SMILES string of the molecule is COCCN1CCCC2(CCN(CCCn3nc(C)cc3C)C2)C1. The average Bonchev–Trinajstić information content (AvgIpc) is 3.09. The first kappa shape index (κ1) is 17.9. The third kappa shape index (κ3) is 4.38. The van der Waals surface area contributed by atoms with Crippen LogP contribution in [-0.4, -0.2) is 72.6 Å². The number of aromatic nitrogens is 2. The van der Waals surface area contributed by atoms with E-state index in [0.29, 0.717) is 5.41 Å². The number of aryl methyl sites for hydroxylation is 3. The summed E-state index contributed by atoms with van der Waals surface area (Å²) in [5.74, 6) is 0. The molecule has 2 saturated heterocycles. The number of hydrogen-bond donors (Lipinski definition) is 0. The van der Waals surface area contributed by atoms with Crippen molar-refractivity contribution < 1.29 is 4.74 Å². The Morgan fingerprint density at radius 3 is 2.58 bits per heavy atom. The maximum atomic E-state index is 5.26. The molecule has 136 valence electrons. The number of likely N-dealkylation sites (tertiary alicyclic amines) is 2. The van der Waals surface area contributed by atoms with Crippen LogP contribution in [0.2, 0.25) is 0 Å². The smallest absolute Gasteiger partial charge is 0.0596 e. The van der Waals surface area contributed by atoms with E-state index in [4.69, 9.17) is 4.74 Å². The quantitative estimate of drug-likeness (QED) is 0.766. The Morgan fingerprint density at radius 2 is 1.88 bits per heavy atom. The summed E-state index contributed by atoms with van der Waals surface area (Å²) in [6, 6.07) is 2.17. The van der Waals surface area contributed by atoms with Crippen molar-refractivity contribution in [1.29, 1.82) is 0 Å². The molecule has 5 nitrogen and oxygen atoms in total. The summed E-state index contributed by atoms with van der Waals surface area (Å²) in [6.45, 7) is 13.5. The van der Waals surface area contributed by atoms with Gasteiger partial charge in [0.05, 0.1) is 12.3 Å². The summed E-state index contributed by atoms with van der Waals surface area (Å²) in [5, 5.41) is 4.58. The molecule has 3 heterocycles. The number of methoxy groups -OCH3 is 1. The van der Waals surface area contributed by atoms with Crippen molar-refractivity contribution in [3.05, 3.63) is 17.5 Å². The van der Waals surface area contributed by atoms with Crippen molar-refractivity contribution in [2.24, 2.45) is 5.41 Å². The Balaban J connectivity index is 1.44. The van der Waals surface area contributed by atoms with E-state index in [2.05, 4.69) is 39.5 Å². The van der Waals surface area contributed by atoms with Crippen LogP contribution >= 0.6 is 0 Å². The lowest BCUT2D eigenvalue weighted by Gasteiger charge is -2.40. The number of rotatable bonds is 7. The molecule has 0 aromatic carbocycles. The van der Waals surface area contributed by atoms with Gasteiger partial charge in [-0.25, -0.2) is 0 Å². The predicted octanol–water partition coefficient (Wildman–Crippen LogP) is 2.32. The molecule has 0 amide bonds. The summed E-state index contributed by atoms with van der Waals surface area (Å²) in [6.07, 6.45) is 5.33. The first-order valence-corrected chi connectivity index (χ1v) is 9.55. The standard InChI is InChI=1S/C19H34N4O/c1-17-14-18(2)23(20-17)10-5-9-21-11-7-19(15-21)6-4-8-22(16-19)12-13-24-3/h14H,4-13,15-16H2,1-3H3. The highest BCUT2D eigenvalue weighted by Crippen LogP contribution is 2.38. The van der Waals surface area contributed by atoms with Gasteiger partial charge in [-0.05, 0) is 70.6 Å². The van der Waals surface area contributed by atoms with Crippen LogP contribution in [0.25, 0.3) is 0 Å². The molecule has 1 atom stereocenters. The lowest BCUT2D eigenvalue weighted by molar-refractivity contribution is 0.0677. The second kappa shape index (κ2) is 7.98. The number of hydrogen-bond acceptors (Lipinski definition) is 4. The van der Waals surface area contributed by atoms with Crippen LogP contribution in [0.1, 0.15) is 37.1 Å². The van der Waals surface area contributed by atoms with Crippen molar-refractivity contribution in [3.63, 3.8) is 0 Å². The molecule has 0 aliphatic carbocycles. The molecule has 1 aromatic rings. The molecule has 2 fully saturated rings. The van der Waals surface area contributed by atoms with Gasteiger partial charge in [-0.2, -0.15) is 5.10 Å². The van der Waals surface area contributed by atoms with Crippen molar-refractivity contribution in [2.75, 3.05) is 53.0 Å². The summed E-state index contributed by atoms with van der Waals surface area (Å²) >= 11 is 0. The highest BCUT2D eigenvalue weighted by molar-refractivity contribution is 5.06. The fourth-order valence-electron chi connectivity index (χ4n) is 4.62. The molecular weight excluding hydrogens is 300 g/mol. The van der Waals surface area contributed by atoms with E-state index in [-0.39, 0.29) is 0 Å². The lowest BCUT2D eigenvalue weighted by atomic mass is 9.79. The van der Waals surface area contributed by atoms with E-state index in [9.17, 15) is 0 Å². The van der Waals surface area contributed by atoms with Gasteiger partial charge in [-0.1, -0.05) is 0 Å². The van der Waals surface area contributed by atoms with E-state index in [1.807, 2.05) is 0 Å². The van der Waals surface area contributed by atoms with E-state index in [1.165, 1.54) is 64.1 Å². The summed E-state index contributed by atoms with van der Waals surface area (Å²) in [7, 11) is 1.81. The van der Waals surface area contributed by atoms with Gasteiger partial charge in [0.15, 0.2) is 0 Å². The zero-order valence-electron chi connectivity index (χ0n) is 15.8. The van der Waals surface area contributed by atoms with Crippen LogP contribution in [0.15, 0.2) is 6.07 Å². The first-order chi connectivity index (χ1) is 11.6. The van der Waals surface area contributed by atoms with E-state index in [1.54, 1.807) is 7.11 Å². The van der Waals surface area contributed by atoms with Gasteiger partial charge >= 0.3 is 0 Å². The largest absolute Gasteiger partial charge is 0.383 e. The Bertz CT molecular complexity index is 529. The minimum absolute atomic E-state index is 0.546. The molecule has 5 heteroatoms.